The normalized spacial score (nSPS) is 23.9. The second-order valence-electron chi connectivity index (χ2n) is 10.9. The predicted octanol–water partition coefficient (Wildman–Crippen LogP) is 7.05. The van der Waals surface area contributed by atoms with E-state index in [1.807, 2.05) is 32.2 Å². The third kappa shape index (κ3) is 8.67. The van der Waals surface area contributed by atoms with Crippen molar-refractivity contribution in [2.24, 2.45) is 5.92 Å². The number of thiazole rings is 1. The van der Waals surface area contributed by atoms with Crippen LogP contribution in [0.4, 0.5) is 0 Å². The minimum absolute atomic E-state index is 0.00519. The van der Waals surface area contributed by atoms with Gasteiger partial charge in [0.25, 0.3) is 0 Å². The number of rotatable bonds is 10. The first kappa shape index (κ1) is 29.4. The smallest absolute Gasteiger partial charge is 0.400 e. The van der Waals surface area contributed by atoms with E-state index in [2.05, 4.69) is 57.9 Å². The van der Waals surface area contributed by atoms with E-state index in [-0.39, 0.29) is 11.1 Å². The van der Waals surface area contributed by atoms with Crippen LogP contribution in [0.3, 0.4) is 0 Å². The second kappa shape index (κ2) is 11.9. The second-order valence-corrected chi connectivity index (χ2v) is 17.9. The lowest BCUT2D eigenvalue weighted by Crippen LogP contribution is -2.50. The Morgan fingerprint density at radius 2 is 2.00 bits per heavy atom. The van der Waals surface area contributed by atoms with Crippen LogP contribution in [-0.4, -0.2) is 40.0 Å². The van der Waals surface area contributed by atoms with Crippen LogP contribution in [0.15, 0.2) is 23.1 Å². The molecule has 1 aromatic rings. The van der Waals surface area contributed by atoms with Crippen LogP contribution in [0.1, 0.15) is 77.9 Å². The van der Waals surface area contributed by atoms with Crippen molar-refractivity contribution in [2.75, 3.05) is 0 Å². The van der Waals surface area contributed by atoms with Crippen molar-refractivity contribution in [3.63, 3.8) is 0 Å². The van der Waals surface area contributed by atoms with Gasteiger partial charge in [-0.25, -0.2) is 13.4 Å². The highest BCUT2D eigenvalue weighted by Crippen LogP contribution is 2.40. The molecule has 1 saturated heterocycles. The topological polar surface area (TPSA) is 74.7 Å². The highest BCUT2D eigenvalue weighted by atomic mass is 32.3. The van der Waals surface area contributed by atoms with E-state index in [4.69, 9.17) is 12.8 Å². The monoisotopic (exact) mass is 529 g/mol. The van der Waals surface area contributed by atoms with Crippen molar-refractivity contribution < 1.29 is 21.2 Å². The molecule has 0 N–H and O–H groups in total. The summed E-state index contributed by atoms with van der Waals surface area (Å²) in [6.07, 6.45) is 7.79. The summed E-state index contributed by atoms with van der Waals surface area (Å²) in [6.45, 7) is 19.0. The Bertz CT molecular complexity index is 962. The first-order valence-corrected chi connectivity index (χ1v) is 17.3. The number of aryl methyl sites for hydroxylation is 1. The van der Waals surface area contributed by atoms with Gasteiger partial charge in [-0.15, -0.1) is 11.3 Å². The quantitative estimate of drug-likeness (QED) is 0.239. The molecule has 0 radical (unpaired) electrons. The average molecular weight is 530 g/mol. The zero-order valence-electron chi connectivity index (χ0n) is 22.3. The largest absolute Gasteiger partial charge is 0.411 e. The van der Waals surface area contributed by atoms with Gasteiger partial charge in [0.15, 0.2) is 8.32 Å². The van der Waals surface area contributed by atoms with Gasteiger partial charge in [-0.05, 0) is 69.3 Å². The Balaban J connectivity index is 2.27. The van der Waals surface area contributed by atoms with E-state index in [1.165, 1.54) is 0 Å². The van der Waals surface area contributed by atoms with E-state index < -0.39 is 30.9 Å². The molecule has 0 aliphatic carbocycles. The summed E-state index contributed by atoms with van der Waals surface area (Å²) in [7, 11) is -6.28. The van der Waals surface area contributed by atoms with Crippen LogP contribution >= 0.6 is 11.3 Å². The molecule has 0 unspecified atom stereocenters. The summed E-state index contributed by atoms with van der Waals surface area (Å²) in [5, 5.41) is 2.93. The van der Waals surface area contributed by atoms with Gasteiger partial charge in [0.2, 0.25) is 0 Å². The fourth-order valence-electron chi connectivity index (χ4n) is 3.80. The number of hydrogen-bond donors (Lipinski definition) is 0. The summed E-state index contributed by atoms with van der Waals surface area (Å²) < 4.78 is 42.9. The van der Waals surface area contributed by atoms with Crippen LogP contribution in [-0.2, 0) is 23.2 Å². The summed E-state index contributed by atoms with van der Waals surface area (Å²) in [6, 6.07) is 0. The molecule has 34 heavy (non-hydrogen) atoms. The molecular formula is C25H43NO5S2Si. The molecule has 1 aromatic heterocycles. The Morgan fingerprint density at radius 1 is 1.32 bits per heavy atom. The molecule has 1 aliphatic heterocycles. The minimum Gasteiger partial charge on any atom is -0.411 e. The Morgan fingerprint density at radius 3 is 2.56 bits per heavy atom. The molecule has 0 bridgehead atoms. The van der Waals surface area contributed by atoms with E-state index in [0.29, 0.717) is 12.3 Å². The Hall–Kier alpha value is -0.843. The fraction of sp³-hybridized carbons (Fsp3) is 0.720. The molecule has 2 heterocycles. The van der Waals surface area contributed by atoms with E-state index in [9.17, 15) is 8.42 Å². The first-order chi connectivity index (χ1) is 15.6. The van der Waals surface area contributed by atoms with Crippen molar-refractivity contribution in [3.05, 3.63) is 33.8 Å². The predicted molar refractivity (Wildman–Crippen MR) is 144 cm³/mol. The molecule has 0 amide bonds. The van der Waals surface area contributed by atoms with Crippen LogP contribution in [0.25, 0.3) is 6.08 Å². The Kier molecular flexibility index (Phi) is 10.3. The highest BCUT2D eigenvalue weighted by Gasteiger charge is 2.44. The van der Waals surface area contributed by atoms with Crippen LogP contribution < -0.4 is 0 Å². The lowest BCUT2D eigenvalue weighted by Gasteiger charge is -2.42. The number of nitrogens with zero attached hydrogens (tertiary/aromatic N) is 1. The van der Waals surface area contributed by atoms with Crippen molar-refractivity contribution in [3.8, 4) is 0 Å². The number of aromatic nitrogens is 1. The standard InChI is InChI=1S/C25H43NO5S2Si/c1-10-12-18(2)13-11-14-22(31-34(8,9)25(5,6)7)24-16-23(29-33(27,28)30-24)19(3)15-21-17-32-20(4)26-21/h10,12,15,17-18,22-24H,11,13-14,16H2,1-9H3/b12-10-,19-15+/t18-,22-,23+,24-/m1/s1. The Labute approximate surface area is 212 Å². The number of hydrogen-bond acceptors (Lipinski definition) is 7. The molecule has 4 atom stereocenters. The molecule has 6 nitrogen and oxygen atoms in total. The molecule has 0 spiro atoms. The maximum absolute atomic E-state index is 12.6. The zero-order chi connectivity index (χ0) is 25.7. The lowest BCUT2D eigenvalue weighted by molar-refractivity contribution is -0.0196. The maximum atomic E-state index is 12.6. The van der Waals surface area contributed by atoms with Crippen molar-refractivity contribution >= 4 is 36.1 Å². The number of allylic oxidation sites excluding steroid dienone is 2. The van der Waals surface area contributed by atoms with Gasteiger partial charge in [0, 0.05) is 11.8 Å². The summed E-state index contributed by atoms with van der Waals surface area (Å²) in [5.41, 5.74) is 1.63. The minimum atomic E-state index is -4.13. The summed E-state index contributed by atoms with van der Waals surface area (Å²) in [4.78, 5) is 4.46. The van der Waals surface area contributed by atoms with E-state index in [1.54, 1.807) is 11.3 Å². The van der Waals surface area contributed by atoms with Gasteiger partial charge in [0.1, 0.15) is 12.2 Å². The fourth-order valence-corrected chi connectivity index (χ4v) is 6.81. The van der Waals surface area contributed by atoms with Gasteiger partial charge in [0.05, 0.1) is 16.8 Å². The van der Waals surface area contributed by atoms with Crippen molar-refractivity contribution in [2.45, 2.75) is 111 Å². The first-order valence-electron chi connectivity index (χ1n) is 12.2. The molecule has 2 rings (SSSR count). The van der Waals surface area contributed by atoms with Crippen molar-refractivity contribution in [1.82, 2.24) is 4.98 Å². The molecule has 1 fully saturated rings. The molecule has 0 saturated carbocycles. The molecule has 194 valence electrons. The SMILES string of the molecule is C/C=C\[C@@H](C)CCC[C@@H](O[Si](C)(C)C(C)(C)C)[C@H]1C[C@@H](/C(C)=C/c2csc(C)n2)OS(=O)(=O)O1. The van der Waals surface area contributed by atoms with Gasteiger partial charge in [-0.3, -0.25) is 0 Å². The average Bonchev–Trinajstić information content (AvgIpc) is 3.09. The zero-order valence-corrected chi connectivity index (χ0v) is 24.9. The maximum Gasteiger partial charge on any atom is 0.400 e. The summed E-state index contributed by atoms with van der Waals surface area (Å²) >= 11 is 1.56. The van der Waals surface area contributed by atoms with Gasteiger partial charge >= 0.3 is 10.4 Å². The van der Waals surface area contributed by atoms with Crippen LogP contribution in [0, 0.1) is 12.8 Å². The lowest BCUT2D eigenvalue weighted by atomic mass is 9.96. The van der Waals surface area contributed by atoms with E-state index >= 15 is 0 Å². The molecular weight excluding hydrogens is 486 g/mol. The molecule has 9 heteroatoms. The van der Waals surface area contributed by atoms with Gasteiger partial charge in [-0.2, -0.15) is 8.42 Å². The van der Waals surface area contributed by atoms with Crippen LogP contribution in [0.5, 0.6) is 0 Å². The molecule has 0 aromatic carbocycles. The van der Waals surface area contributed by atoms with E-state index in [0.717, 1.165) is 35.5 Å². The molecule has 1 aliphatic rings. The third-order valence-electron chi connectivity index (χ3n) is 6.78. The third-order valence-corrected chi connectivity index (χ3v) is 13.0. The van der Waals surface area contributed by atoms with Gasteiger partial charge in [-0.1, -0.05) is 46.3 Å². The van der Waals surface area contributed by atoms with Gasteiger partial charge < -0.3 is 4.43 Å². The van der Waals surface area contributed by atoms with Crippen LogP contribution in [0.2, 0.25) is 18.1 Å². The highest BCUT2D eigenvalue weighted by molar-refractivity contribution is 7.82. The van der Waals surface area contributed by atoms with Crippen molar-refractivity contribution in [1.29, 1.82) is 0 Å². The summed E-state index contributed by atoms with van der Waals surface area (Å²) in [5.74, 6) is 0.470.